The van der Waals surface area contributed by atoms with Gasteiger partial charge in [0.25, 0.3) is 0 Å². The van der Waals surface area contributed by atoms with Crippen LogP contribution in [-0.2, 0) is 9.53 Å². The summed E-state index contributed by atoms with van der Waals surface area (Å²) in [5.41, 5.74) is 1.32. The van der Waals surface area contributed by atoms with E-state index >= 15 is 0 Å². The minimum Gasteiger partial charge on any atom is -0.469 e. The number of esters is 1. The lowest BCUT2D eigenvalue weighted by atomic mass is 9.92. The van der Waals surface area contributed by atoms with Gasteiger partial charge in [0.15, 0.2) is 0 Å². The van der Waals surface area contributed by atoms with E-state index in [1.165, 1.54) is 12.7 Å². The molecule has 0 spiro atoms. The van der Waals surface area contributed by atoms with Crippen LogP contribution in [0.2, 0.25) is 0 Å². The summed E-state index contributed by atoms with van der Waals surface area (Å²) < 4.78 is 4.46. The zero-order valence-electron chi connectivity index (χ0n) is 12.7. The average Bonchev–Trinajstić information content (AvgIpc) is 2.38. The van der Waals surface area contributed by atoms with Crippen molar-refractivity contribution in [3.8, 4) is 6.07 Å². The number of nitrogens with zero attached hydrogens (tertiary/aromatic N) is 1. The third-order valence-corrected chi connectivity index (χ3v) is 4.70. The topological polar surface area (TPSA) is 50.1 Å². The Kier molecular flexibility index (Phi) is 8.58. The Morgan fingerprint density at radius 2 is 2.16 bits per heavy atom. The molecule has 1 unspecified atom stereocenters. The molecule has 4 heteroatoms. The standard InChI is InChI=1S/C15H25NO2S/c1-6-12(2)7-8-13(11-16)15(3,4)19-10-9-14(17)18-5/h7,13H,6,8-10H2,1-5H3. The van der Waals surface area contributed by atoms with Crippen LogP contribution < -0.4 is 0 Å². The van der Waals surface area contributed by atoms with Gasteiger partial charge in [-0.05, 0) is 33.6 Å². The van der Waals surface area contributed by atoms with Crippen LogP contribution in [-0.4, -0.2) is 23.6 Å². The van der Waals surface area contributed by atoms with Gasteiger partial charge in [-0.1, -0.05) is 18.6 Å². The summed E-state index contributed by atoms with van der Waals surface area (Å²) in [6.07, 6.45) is 4.34. The van der Waals surface area contributed by atoms with Crippen LogP contribution in [0, 0.1) is 17.2 Å². The number of carbonyl (C=O) groups is 1. The number of ether oxygens (including phenoxy) is 1. The molecule has 0 N–H and O–H groups in total. The SMILES string of the molecule is CCC(C)=CCC(C#N)C(C)(C)SCCC(=O)OC. The summed E-state index contributed by atoms with van der Waals surface area (Å²) in [5.74, 6) is 0.448. The zero-order chi connectivity index (χ0) is 14.9. The van der Waals surface area contributed by atoms with E-state index in [1.807, 2.05) is 0 Å². The fraction of sp³-hybridized carbons (Fsp3) is 0.733. The van der Waals surface area contributed by atoms with Crippen LogP contribution in [0.5, 0.6) is 0 Å². The van der Waals surface area contributed by atoms with E-state index in [0.717, 1.165) is 12.8 Å². The molecule has 0 aromatic carbocycles. The average molecular weight is 283 g/mol. The Hall–Kier alpha value is -0.950. The Balaban J connectivity index is 4.41. The molecule has 1 atom stereocenters. The summed E-state index contributed by atoms with van der Waals surface area (Å²) in [6, 6.07) is 2.39. The van der Waals surface area contributed by atoms with Gasteiger partial charge in [-0.25, -0.2) is 0 Å². The Morgan fingerprint density at radius 3 is 2.63 bits per heavy atom. The Morgan fingerprint density at radius 1 is 1.53 bits per heavy atom. The minimum atomic E-state index is -0.196. The third-order valence-electron chi connectivity index (χ3n) is 3.26. The summed E-state index contributed by atoms with van der Waals surface area (Å²) in [5, 5.41) is 9.32. The van der Waals surface area contributed by atoms with Crippen LogP contribution in [0.15, 0.2) is 11.6 Å². The highest BCUT2D eigenvalue weighted by atomic mass is 32.2. The van der Waals surface area contributed by atoms with Crippen molar-refractivity contribution in [1.82, 2.24) is 0 Å². The van der Waals surface area contributed by atoms with Crippen molar-refractivity contribution >= 4 is 17.7 Å². The van der Waals surface area contributed by atoms with Gasteiger partial charge in [0.2, 0.25) is 0 Å². The first kappa shape index (κ1) is 18.0. The molecule has 0 aromatic rings. The molecule has 0 rings (SSSR count). The molecule has 19 heavy (non-hydrogen) atoms. The molecule has 0 aliphatic rings. The van der Waals surface area contributed by atoms with Gasteiger partial charge >= 0.3 is 5.97 Å². The van der Waals surface area contributed by atoms with E-state index in [4.69, 9.17) is 0 Å². The number of methoxy groups -OCH3 is 1. The molecule has 0 saturated heterocycles. The second-order valence-corrected chi connectivity index (χ2v) is 6.85. The van der Waals surface area contributed by atoms with Gasteiger partial charge in [0, 0.05) is 10.5 Å². The maximum atomic E-state index is 11.1. The number of carbonyl (C=O) groups excluding carboxylic acids is 1. The van der Waals surface area contributed by atoms with E-state index < -0.39 is 0 Å². The fourth-order valence-corrected chi connectivity index (χ4v) is 2.70. The molecular weight excluding hydrogens is 258 g/mol. The van der Waals surface area contributed by atoms with E-state index in [-0.39, 0.29) is 16.6 Å². The largest absolute Gasteiger partial charge is 0.469 e. The van der Waals surface area contributed by atoms with Gasteiger partial charge in [0.05, 0.1) is 25.5 Å². The van der Waals surface area contributed by atoms with E-state index in [9.17, 15) is 10.1 Å². The summed E-state index contributed by atoms with van der Waals surface area (Å²) in [4.78, 5) is 11.1. The third kappa shape index (κ3) is 7.27. The Bertz CT molecular complexity index is 356. The van der Waals surface area contributed by atoms with Gasteiger partial charge in [0.1, 0.15) is 0 Å². The normalized spacial score (nSPS) is 13.8. The van der Waals surface area contributed by atoms with Crippen LogP contribution in [0.1, 0.15) is 47.0 Å². The molecule has 0 fully saturated rings. The highest BCUT2D eigenvalue weighted by Gasteiger charge is 2.29. The maximum Gasteiger partial charge on any atom is 0.306 e. The van der Waals surface area contributed by atoms with Crippen molar-refractivity contribution in [3.05, 3.63) is 11.6 Å². The smallest absolute Gasteiger partial charge is 0.306 e. The van der Waals surface area contributed by atoms with Crippen molar-refractivity contribution in [2.24, 2.45) is 5.92 Å². The molecule has 0 bridgehead atoms. The molecule has 108 valence electrons. The number of thioether (sulfide) groups is 1. The van der Waals surface area contributed by atoms with Crippen LogP contribution in [0.4, 0.5) is 0 Å². The zero-order valence-corrected chi connectivity index (χ0v) is 13.5. The Labute approximate surface area is 121 Å². The fourth-order valence-electron chi connectivity index (χ4n) is 1.56. The molecule has 0 aromatic heterocycles. The minimum absolute atomic E-state index is 0.0448. The lowest BCUT2D eigenvalue weighted by Crippen LogP contribution is -2.27. The van der Waals surface area contributed by atoms with Crippen LogP contribution in [0.25, 0.3) is 0 Å². The highest BCUT2D eigenvalue weighted by Crippen LogP contribution is 2.35. The maximum absolute atomic E-state index is 11.1. The van der Waals surface area contributed by atoms with Crippen molar-refractivity contribution in [2.75, 3.05) is 12.9 Å². The van der Waals surface area contributed by atoms with Crippen LogP contribution in [0.3, 0.4) is 0 Å². The molecular formula is C15H25NO2S. The van der Waals surface area contributed by atoms with E-state index in [0.29, 0.717) is 12.2 Å². The highest BCUT2D eigenvalue weighted by molar-refractivity contribution is 8.00. The number of hydrogen-bond acceptors (Lipinski definition) is 4. The molecule has 0 amide bonds. The van der Waals surface area contributed by atoms with Crippen LogP contribution >= 0.6 is 11.8 Å². The lowest BCUT2D eigenvalue weighted by Gasteiger charge is -2.28. The summed E-state index contributed by atoms with van der Waals surface area (Å²) in [7, 11) is 1.40. The molecule has 0 radical (unpaired) electrons. The first-order valence-corrected chi connectivity index (χ1v) is 7.62. The predicted molar refractivity (Wildman–Crippen MR) is 80.9 cm³/mol. The molecule has 3 nitrogen and oxygen atoms in total. The number of hydrogen-bond donors (Lipinski definition) is 0. The monoisotopic (exact) mass is 283 g/mol. The molecule has 0 heterocycles. The van der Waals surface area contributed by atoms with Gasteiger partial charge in [-0.2, -0.15) is 17.0 Å². The molecule has 0 saturated carbocycles. The summed E-state index contributed by atoms with van der Waals surface area (Å²) in [6.45, 7) is 8.34. The van der Waals surface area contributed by atoms with Crippen molar-refractivity contribution in [1.29, 1.82) is 5.26 Å². The first-order chi connectivity index (χ1) is 8.87. The first-order valence-electron chi connectivity index (χ1n) is 6.63. The molecule has 0 aliphatic carbocycles. The quantitative estimate of drug-likeness (QED) is 0.500. The predicted octanol–water partition coefficient (Wildman–Crippen LogP) is 3.95. The number of rotatable bonds is 8. The van der Waals surface area contributed by atoms with Gasteiger partial charge < -0.3 is 4.74 Å². The number of allylic oxidation sites excluding steroid dienone is 2. The lowest BCUT2D eigenvalue weighted by molar-refractivity contribution is -0.140. The van der Waals surface area contributed by atoms with E-state index in [1.54, 1.807) is 11.8 Å². The van der Waals surface area contributed by atoms with Crippen molar-refractivity contribution < 1.29 is 9.53 Å². The van der Waals surface area contributed by atoms with Gasteiger partial charge in [-0.15, -0.1) is 0 Å². The van der Waals surface area contributed by atoms with Crippen molar-refractivity contribution in [2.45, 2.75) is 51.7 Å². The van der Waals surface area contributed by atoms with Crippen molar-refractivity contribution in [3.63, 3.8) is 0 Å². The summed E-state index contributed by atoms with van der Waals surface area (Å²) >= 11 is 1.66. The van der Waals surface area contributed by atoms with E-state index in [2.05, 4.69) is 44.6 Å². The van der Waals surface area contributed by atoms with Gasteiger partial charge in [-0.3, -0.25) is 4.79 Å². The number of nitriles is 1. The second kappa shape index (κ2) is 9.03. The second-order valence-electron chi connectivity index (χ2n) is 5.10. The molecule has 0 aliphatic heterocycles.